The topological polar surface area (TPSA) is 131 Å². The molecule has 1 fully saturated rings. The molecule has 1 aromatic heterocycles. The van der Waals surface area contributed by atoms with Crippen LogP contribution in [0.4, 0.5) is 17.2 Å². The third-order valence-corrected chi connectivity index (χ3v) is 6.16. The Kier molecular flexibility index (Phi) is 7.65. The summed E-state index contributed by atoms with van der Waals surface area (Å²) in [7, 11) is 1.49. The van der Waals surface area contributed by atoms with Crippen LogP contribution >= 0.6 is 0 Å². The van der Waals surface area contributed by atoms with Crippen molar-refractivity contribution in [2.24, 2.45) is 0 Å². The first kappa shape index (κ1) is 24.9. The molecular formula is C26H29N5O5. The molecule has 0 radical (unpaired) electrons. The smallest absolute Gasteiger partial charge is 0.330 e. The van der Waals surface area contributed by atoms with E-state index in [1.807, 2.05) is 42.5 Å². The van der Waals surface area contributed by atoms with E-state index >= 15 is 0 Å². The molecule has 3 aromatic rings. The van der Waals surface area contributed by atoms with Crippen LogP contribution in [0.1, 0.15) is 24.0 Å². The molecule has 3 N–H and O–H groups in total. The van der Waals surface area contributed by atoms with Gasteiger partial charge >= 0.3 is 5.69 Å². The van der Waals surface area contributed by atoms with Crippen molar-refractivity contribution < 1.29 is 14.3 Å². The van der Waals surface area contributed by atoms with E-state index in [0.29, 0.717) is 13.0 Å². The quantitative estimate of drug-likeness (QED) is 0.468. The molecule has 2 heterocycles. The van der Waals surface area contributed by atoms with Crippen LogP contribution in [0.15, 0.2) is 64.2 Å². The normalized spacial score (nSPS) is 13.2. The zero-order valence-corrected chi connectivity index (χ0v) is 20.1. The average molecular weight is 492 g/mol. The van der Waals surface area contributed by atoms with E-state index < -0.39 is 11.2 Å². The van der Waals surface area contributed by atoms with Gasteiger partial charge < -0.3 is 15.4 Å². The number of carbonyl (C=O) groups excluding carboxylic acids is 2. The van der Waals surface area contributed by atoms with Gasteiger partial charge in [-0.3, -0.25) is 28.8 Å². The van der Waals surface area contributed by atoms with Gasteiger partial charge in [-0.05, 0) is 29.7 Å². The molecule has 2 amide bonds. The molecule has 2 aromatic carbocycles. The summed E-state index contributed by atoms with van der Waals surface area (Å²) in [4.78, 5) is 56.2. The Morgan fingerprint density at radius 1 is 1.06 bits per heavy atom. The lowest BCUT2D eigenvalue weighted by molar-refractivity contribution is -0.118. The first-order valence-corrected chi connectivity index (χ1v) is 11.7. The number of aromatic nitrogens is 2. The maximum Gasteiger partial charge on any atom is 0.330 e. The summed E-state index contributed by atoms with van der Waals surface area (Å²) in [5.74, 6) is -0.378. The van der Waals surface area contributed by atoms with Gasteiger partial charge in [-0.2, -0.15) is 0 Å². The third-order valence-electron chi connectivity index (χ3n) is 6.16. The van der Waals surface area contributed by atoms with E-state index in [1.54, 1.807) is 17.0 Å². The number of benzene rings is 2. The molecule has 0 spiro atoms. The maximum atomic E-state index is 13.6. The first-order valence-electron chi connectivity index (χ1n) is 11.7. The summed E-state index contributed by atoms with van der Waals surface area (Å²) in [6.45, 7) is 1.10. The summed E-state index contributed by atoms with van der Waals surface area (Å²) in [6.07, 6.45) is 1.37. The predicted molar refractivity (Wildman–Crippen MR) is 137 cm³/mol. The lowest BCUT2D eigenvalue weighted by Gasteiger charge is -2.25. The second-order valence-corrected chi connectivity index (χ2v) is 8.60. The molecule has 1 aliphatic rings. The Balaban J connectivity index is 1.66. The van der Waals surface area contributed by atoms with Gasteiger partial charge in [-0.25, -0.2) is 4.79 Å². The van der Waals surface area contributed by atoms with E-state index in [1.165, 1.54) is 16.6 Å². The van der Waals surface area contributed by atoms with Crippen LogP contribution in [0.25, 0.3) is 0 Å². The Morgan fingerprint density at radius 2 is 1.78 bits per heavy atom. The summed E-state index contributed by atoms with van der Waals surface area (Å²) in [6, 6.07) is 16.4. The van der Waals surface area contributed by atoms with Crippen molar-refractivity contribution in [2.75, 3.05) is 35.8 Å². The Labute approximate surface area is 207 Å². The number of ether oxygens (including phenoxy) is 1. The number of aromatic amines is 1. The number of H-pyrrole nitrogens is 1. The van der Waals surface area contributed by atoms with Crippen LogP contribution in [0.3, 0.4) is 0 Å². The Hall–Kier alpha value is -4.18. The van der Waals surface area contributed by atoms with Crippen molar-refractivity contribution in [2.45, 2.75) is 32.4 Å². The number of anilines is 3. The van der Waals surface area contributed by atoms with Crippen LogP contribution < -0.4 is 26.8 Å². The minimum absolute atomic E-state index is 0.00284. The molecule has 0 atom stereocenters. The molecule has 0 saturated carbocycles. The lowest BCUT2D eigenvalue weighted by atomic mass is 10.1. The van der Waals surface area contributed by atoms with Gasteiger partial charge in [0.1, 0.15) is 5.82 Å². The van der Waals surface area contributed by atoms with Gasteiger partial charge in [0.25, 0.3) is 5.56 Å². The molecule has 10 heteroatoms. The second-order valence-electron chi connectivity index (χ2n) is 8.60. The monoisotopic (exact) mass is 491 g/mol. The molecule has 36 heavy (non-hydrogen) atoms. The molecule has 10 nitrogen and oxygen atoms in total. The van der Waals surface area contributed by atoms with Gasteiger partial charge in [0.15, 0.2) is 5.69 Å². The molecule has 4 rings (SSSR count). The van der Waals surface area contributed by atoms with Crippen molar-refractivity contribution in [1.29, 1.82) is 0 Å². The Bertz CT molecular complexity index is 1350. The van der Waals surface area contributed by atoms with Crippen molar-refractivity contribution in [3.63, 3.8) is 0 Å². The SMILES string of the molecule is COCCn1c(N)c(N(Cc2ccccc2)C(=O)Cc2ccc(N3CCCC3=O)cc2)c(=O)[nH]c1=O. The van der Waals surface area contributed by atoms with Gasteiger partial charge in [-0.15, -0.1) is 0 Å². The van der Waals surface area contributed by atoms with E-state index in [9.17, 15) is 19.2 Å². The van der Waals surface area contributed by atoms with Gasteiger partial charge in [0.05, 0.1) is 26.1 Å². The lowest BCUT2D eigenvalue weighted by Crippen LogP contribution is -2.41. The number of amides is 2. The summed E-state index contributed by atoms with van der Waals surface area (Å²) in [5.41, 5.74) is 7.08. The molecular weight excluding hydrogens is 462 g/mol. The van der Waals surface area contributed by atoms with Crippen LogP contribution in [0.2, 0.25) is 0 Å². The summed E-state index contributed by atoms with van der Waals surface area (Å²) in [5, 5.41) is 0. The Morgan fingerprint density at radius 3 is 2.42 bits per heavy atom. The van der Waals surface area contributed by atoms with Gasteiger partial charge in [-0.1, -0.05) is 42.5 Å². The van der Waals surface area contributed by atoms with Crippen molar-refractivity contribution in [1.82, 2.24) is 9.55 Å². The number of nitrogens with one attached hydrogen (secondary N) is 1. The van der Waals surface area contributed by atoms with E-state index in [2.05, 4.69) is 4.98 Å². The largest absolute Gasteiger partial charge is 0.383 e. The number of carbonyl (C=O) groups is 2. The van der Waals surface area contributed by atoms with Gasteiger partial charge in [0, 0.05) is 25.8 Å². The number of nitrogens with zero attached hydrogens (tertiary/aromatic N) is 3. The third kappa shape index (κ3) is 5.38. The number of hydrogen-bond acceptors (Lipinski definition) is 6. The number of methoxy groups -OCH3 is 1. The molecule has 0 bridgehead atoms. The van der Waals surface area contributed by atoms with Crippen molar-refractivity contribution >= 4 is 29.0 Å². The highest BCUT2D eigenvalue weighted by molar-refractivity contribution is 5.97. The summed E-state index contributed by atoms with van der Waals surface area (Å²) >= 11 is 0. The predicted octanol–water partition coefficient (Wildman–Crippen LogP) is 1.67. The molecule has 1 saturated heterocycles. The minimum Gasteiger partial charge on any atom is -0.383 e. The molecule has 188 valence electrons. The van der Waals surface area contributed by atoms with Crippen molar-refractivity contribution in [3.05, 3.63) is 86.6 Å². The second kappa shape index (κ2) is 11.0. The first-order chi connectivity index (χ1) is 17.4. The van der Waals surface area contributed by atoms with Crippen molar-refractivity contribution in [3.8, 4) is 0 Å². The number of nitrogens with two attached hydrogens (primary N) is 1. The van der Waals surface area contributed by atoms with Crippen LogP contribution in [-0.2, 0) is 33.8 Å². The average Bonchev–Trinajstić information content (AvgIpc) is 3.30. The summed E-state index contributed by atoms with van der Waals surface area (Å²) < 4.78 is 6.24. The van der Waals surface area contributed by atoms with Crippen LogP contribution in [0, 0.1) is 0 Å². The number of nitrogen functional groups attached to an aromatic ring is 1. The highest BCUT2D eigenvalue weighted by atomic mass is 16.5. The highest BCUT2D eigenvalue weighted by Crippen LogP contribution is 2.24. The highest BCUT2D eigenvalue weighted by Gasteiger charge is 2.25. The fourth-order valence-corrected chi connectivity index (χ4v) is 4.29. The van der Waals surface area contributed by atoms with Crippen LogP contribution in [-0.4, -0.2) is 41.6 Å². The van der Waals surface area contributed by atoms with E-state index in [4.69, 9.17) is 10.5 Å². The fourth-order valence-electron chi connectivity index (χ4n) is 4.29. The maximum absolute atomic E-state index is 13.6. The van der Waals surface area contributed by atoms with E-state index in [0.717, 1.165) is 23.2 Å². The minimum atomic E-state index is -0.738. The van der Waals surface area contributed by atoms with E-state index in [-0.39, 0.29) is 49.4 Å². The van der Waals surface area contributed by atoms with Crippen LogP contribution in [0.5, 0.6) is 0 Å². The number of rotatable bonds is 9. The zero-order valence-electron chi connectivity index (χ0n) is 20.1. The molecule has 0 unspecified atom stereocenters. The standard InChI is InChI=1S/C26H29N5O5/c1-36-15-14-30-24(27)23(25(34)28-26(30)35)31(17-19-6-3-2-4-7-19)22(33)16-18-9-11-20(12-10-18)29-13-5-8-21(29)32/h2-4,6-7,9-12H,5,8,13-17,27H2,1H3,(H,28,34,35). The fraction of sp³-hybridized carbons (Fsp3) is 0.308. The molecule has 0 aliphatic carbocycles. The zero-order chi connectivity index (χ0) is 25.7. The van der Waals surface area contributed by atoms with Gasteiger partial charge in [0.2, 0.25) is 11.8 Å². The number of hydrogen-bond donors (Lipinski definition) is 2. The molecule has 1 aliphatic heterocycles.